The Bertz CT molecular complexity index is 1040. The number of rotatable bonds is 6. The second-order valence-electron chi connectivity index (χ2n) is 6.74. The summed E-state index contributed by atoms with van der Waals surface area (Å²) in [7, 11) is 0. The fourth-order valence-electron chi connectivity index (χ4n) is 3.36. The van der Waals surface area contributed by atoms with E-state index in [2.05, 4.69) is 4.99 Å². The fraction of sp³-hybridized carbons (Fsp3) is 0.130. The van der Waals surface area contributed by atoms with Gasteiger partial charge in [-0.2, -0.15) is 0 Å². The molecule has 0 aromatic heterocycles. The van der Waals surface area contributed by atoms with Crippen molar-refractivity contribution in [1.82, 2.24) is 0 Å². The molecule has 29 heavy (non-hydrogen) atoms. The zero-order chi connectivity index (χ0) is 21.0. The molecule has 0 heterocycles. The summed E-state index contributed by atoms with van der Waals surface area (Å²) in [5.74, 6) is -0.698. The molecule has 0 saturated heterocycles. The molecule has 0 aliphatic carbocycles. The third-order valence-electron chi connectivity index (χ3n) is 4.75. The van der Waals surface area contributed by atoms with Crippen LogP contribution >= 0.6 is 0 Å². The zero-order valence-corrected chi connectivity index (χ0v) is 16.1. The number of carbonyl (C=O) groups excluding carboxylic acids is 1. The highest BCUT2D eigenvalue weighted by molar-refractivity contribution is 5.95. The number of hydrogen-bond acceptors (Lipinski definition) is 5. The predicted molar refractivity (Wildman–Crippen MR) is 111 cm³/mol. The summed E-state index contributed by atoms with van der Waals surface area (Å²) < 4.78 is 0. The van der Waals surface area contributed by atoms with Crippen LogP contribution in [-0.2, 0) is 10.3 Å². The molecule has 0 atom stereocenters. The van der Waals surface area contributed by atoms with Crippen LogP contribution < -0.4 is 0 Å². The van der Waals surface area contributed by atoms with Crippen LogP contribution in [-0.4, -0.2) is 22.0 Å². The van der Waals surface area contributed by atoms with Crippen LogP contribution in [0.15, 0.2) is 77.8 Å². The number of nitro groups is 1. The van der Waals surface area contributed by atoms with E-state index >= 15 is 0 Å². The Balaban J connectivity index is 2.25. The number of phenolic OH excluding ortho intramolecular Hbond substituents is 1. The van der Waals surface area contributed by atoms with E-state index in [0.717, 1.165) is 0 Å². The van der Waals surface area contributed by atoms with E-state index in [-0.39, 0.29) is 11.3 Å². The number of carbonyl (C=O) groups is 1. The van der Waals surface area contributed by atoms with Crippen LogP contribution in [0.1, 0.15) is 29.2 Å². The largest absolute Gasteiger partial charge is 0.502 e. The van der Waals surface area contributed by atoms with Crippen molar-refractivity contribution in [1.29, 1.82) is 0 Å². The predicted octanol–water partition coefficient (Wildman–Crippen LogP) is 4.56. The third-order valence-corrected chi connectivity index (χ3v) is 4.75. The van der Waals surface area contributed by atoms with E-state index in [1.807, 2.05) is 60.7 Å². The van der Waals surface area contributed by atoms with E-state index in [1.54, 1.807) is 13.0 Å². The zero-order valence-electron chi connectivity index (χ0n) is 16.1. The smallest absolute Gasteiger partial charge is 0.311 e. The van der Waals surface area contributed by atoms with E-state index in [9.17, 15) is 20.0 Å². The number of nitro benzene ring substituents is 1. The Morgan fingerprint density at radius 2 is 1.55 bits per heavy atom. The highest BCUT2D eigenvalue weighted by Gasteiger charge is 2.38. The lowest BCUT2D eigenvalue weighted by Gasteiger charge is -2.28. The van der Waals surface area contributed by atoms with Crippen LogP contribution in [0.5, 0.6) is 5.75 Å². The average molecular weight is 388 g/mol. The maximum absolute atomic E-state index is 12.9. The van der Waals surface area contributed by atoms with Crippen molar-refractivity contribution in [3.05, 3.63) is 105 Å². The van der Waals surface area contributed by atoms with Gasteiger partial charge in [0.25, 0.3) is 0 Å². The number of hydrogen-bond donors (Lipinski definition) is 1. The van der Waals surface area contributed by atoms with Gasteiger partial charge in [0.1, 0.15) is 0 Å². The van der Waals surface area contributed by atoms with Gasteiger partial charge in [-0.1, -0.05) is 60.7 Å². The molecule has 0 spiro atoms. The van der Waals surface area contributed by atoms with Gasteiger partial charge < -0.3 is 5.11 Å². The molecule has 0 aliphatic heterocycles. The van der Waals surface area contributed by atoms with E-state index in [1.165, 1.54) is 19.2 Å². The van der Waals surface area contributed by atoms with Crippen molar-refractivity contribution in [2.24, 2.45) is 4.99 Å². The van der Waals surface area contributed by atoms with Gasteiger partial charge in [0.15, 0.2) is 11.3 Å². The van der Waals surface area contributed by atoms with Gasteiger partial charge in [0.05, 0.1) is 4.92 Å². The lowest BCUT2D eigenvalue weighted by Crippen LogP contribution is -2.33. The van der Waals surface area contributed by atoms with Gasteiger partial charge in [-0.05, 0) is 36.6 Å². The van der Waals surface area contributed by atoms with Crippen molar-refractivity contribution in [3.63, 3.8) is 0 Å². The van der Waals surface area contributed by atoms with Crippen molar-refractivity contribution in [2.75, 3.05) is 0 Å². The molecule has 3 aromatic rings. The monoisotopic (exact) mass is 388 g/mol. The Labute approximate surface area is 168 Å². The molecule has 3 aromatic carbocycles. The van der Waals surface area contributed by atoms with E-state index in [0.29, 0.717) is 16.7 Å². The van der Waals surface area contributed by atoms with Crippen LogP contribution in [0, 0.1) is 17.0 Å². The van der Waals surface area contributed by atoms with Gasteiger partial charge in [-0.15, -0.1) is 0 Å². The van der Waals surface area contributed by atoms with E-state index < -0.39 is 21.9 Å². The minimum absolute atomic E-state index is 0.175. The summed E-state index contributed by atoms with van der Waals surface area (Å²) in [6.07, 6.45) is 1.33. The normalized spacial score (nSPS) is 11.5. The first kappa shape index (κ1) is 19.9. The van der Waals surface area contributed by atoms with Crippen molar-refractivity contribution in [2.45, 2.75) is 19.4 Å². The van der Waals surface area contributed by atoms with Gasteiger partial charge in [-0.25, -0.2) is 0 Å². The van der Waals surface area contributed by atoms with Gasteiger partial charge in [0.2, 0.25) is 5.75 Å². The molecule has 0 aliphatic rings. The number of nitrogens with zero attached hydrogens (tertiary/aromatic N) is 2. The fourth-order valence-corrected chi connectivity index (χ4v) is 3.36. The number of Topliss-reactive ketones (excluding diaryl/α,β-unsaturated/α-hetero) is 1. The summed E-state index contributed by atoms with van der Waals surface area (Å²) in [6.45, 7) is 3.15. The molecule has 0 unspecified atom stereocenters. The third kappa shape index (κ3) is 3.78. The maximum Gasteiger partial charge on any atom is 0.311 e. The Kier molecular flexibility index (Phi) is 5.54. The van der Waals surface area contributed by atoms with Gasteiger partial charge >= 0.3 is 5.69 Å². The van der Waals surface area contributed by atoms with Crippen LogP contribution in [0.3, 0.4) is 0 Å². The molecule has 0 radical (unpaired) electrons. The second-order valence-corrected chi connectivity index (χ2v) is 6.74. The molecular weight excluding hydrogens is 368 g/mol. The highest BCUT2D eigenvalue weighted by Crippen LogP contribution is 2.36. The molecule has 6 heteroatoms. The quantitative estimate of drug-likeness (QED) is 0.380. The van der Waals surface area contributed by atoms with Crippen molar-refractivity contribution < 1.29 is 14.8 Å². The van der Waals surface area contributed by atoms with Gasteiger partial charge in [0, 0.05) is 17.8 Å². The lowest BCUT2D eigenvalue weighted by molar-refractivity contribution is -0.385. The number of aromatic hydroxyl groups is 1. The minimum Gasteiger partial charge on any atom is -0.502 e. The van der Waals surface area contributed by atoms with Crippen LogP contribution in [0.2, 0.25) is 0 Å². The molecule has 146 valence electrons. The Hall–Kier alpha value is -3.80. The molecule has 6 nitrogen and oxygen atoms in total. The van der Waals surface area contributed by atoms with Crippen LogP contribution in [0.4, 0.5) is 5.69 Å². The summed E-state index contributed by atoms with van der Waals surface area (Å²) in [4.78, 5) is 28.1. The average Bonchev–Trinajstić information content (AvgIpc) is 2.71. The lowest BCUT2D eigenvalue weighted by atomic mass is 9.80. The topological polar surface area (TPSA) is 92.8 Å². The Morgan fingerprint density at radius 1 is 1.03 bits per heavy atom. The molecule has 0 amide bonds. The minimum atomic E-state index is -1.34. The summed E-state index contributed by atoms with van der Waals surface area (Å²) in [5, 5.41) is 21.6. The molecule has 0 fully saturated rings. The molecule has 1 N–H and O–H groups in total. The van der Waals surface area contributed by atoms with E-state index in [4.69, 9.17) is 0 Å². The standard InChI is InChI=1S/C23H20N2O4/c1-16-13-18(22(27)21(14-16)25(28)29)15-24-23(17(2)26,19-9-5-3-6-10-19)20-11-7-4-8-12-20/h3-15,27H,1-2H3. The first-order valence-electron chi connectivity index (χ1n) is 9.01. The number of phenols is 1. The number of benzene rings is 3. The van der Waals surface area contributed by atoms with Crippen molar-refractivity contribution in [3.8, 4) is 5.75 Å². The first-order chi connectivity index (χ1) is 13.9. The van der Waals surface area contributed by atoms with Crippen LogP contribution in [0.25, 0.3) is 0 Å². The first-order valence-corrected chi connectivity index (χ1v) is 9.01. The summed E-state index contributed by atoms with van der Waals surface area (Å²) in [6, 6.07) is 21.1. The number of aryl methyl sites for hydroxylation is 1. The number of aliphatic imine (C=N–C) groups is 1. The molecule has 0 bridgehead atoms. The SMILES string of the molecule is CC(=O)C(N=Cc1cc(C)cc([N+](=O)[O-])c1O)(c1ccccc1)c1ccccc1. The molecule has 3 rings (SSSR count). The second kappa shape index (κ2) is 8.06. The number of ketones is 1. The molecular formula is C23H20N2O4. The Morgan fingerprint density at radius 3 is 2.00 bits per heavy atom. The maximum atomic E-state index is 12.9. The highest BCUT2D eigenvalue weighted by atomic mass is 16.6. The summed E-state index contributed by atoms with van der Waals surface area (Å²) in [5.41, 5.74) is 0.360. The summed E-state index contributed by atoms with van der Waals surface area (Å²) >= 11 is 0. The van der Waals surface area contributed by atoms with Crippen molar-refractivity contribution >= 4 is 17.7 Å². The molecule has 0 saturated carbocycles. The van der Waals surface area contributed by atoms with Gasteiger partial charge in [-0.3, -0.25) is 19.9 Å².